The van der Waals surface area contributed by atoms with Gasteiger partial charge in [-0.05, 0) is 39.2 Å². The van der Waals surface area contributed by atoms with Crippen LogP contribution in [0.25, 0.3) is 0 Å². The van der Waals surface area contributed by atoms with E-state index in [4.69, 9.17) is 9.84 Å². The van der Waals surface area contributed by atoms with Crippen LogP contribution in [0, 0.1) is 5.92 Å². The van der Waals surface area contributed by atoms with Crippen LogP contribution in [-0.4, -0.2) is 48.3 Å². The summed E-state index contributed by atoms with van der Waals surface area (Å²) in [6, 6.07) is 0.616. The molecule has 0 spiro atoms. The van der Waals surface area contributed by atoms with Gasteiger partial charge in [-0.25, -0.2) is 4.79 Å². The molecule has 3 atom stereocenters. The smallest absolute Gasteiger partial charge is 0.332 e. The van der Waals surface area contributed by atoms with E-state index < -0.39 is 12.1 Å². The lowest BCUT2D eigenvalue weighted by atomic mass is 9.86. The lowest BCUT2D eigenvalue weighted by Gasteiger charge is -2.34. The molecule has 106 valence electrons. The van der Waals surface area contributed by atoms with Crippen LogP contribution >= 0.6 is 0 Å². The Labute approximate surface area is 110 Å². The van der Waals surface area contributed by atoms with Crippen molar-refractivity contribution < 1.29 is 14.6 Å². The van der Waals surface area contributed by atoms with Crippen molar-refractivity contribution >= 4 is 5.97 Å². The lowest BCUT2D eigenvalue weighted by molar-refractivity contribution is -0.150. The molecule has 0 aromatic rings. The summed E-state index contributed by atoms with van der Waals surface area (Å²) in [7, 11) is 2.10. The third-order valence-electron chi connectivity index (χ3n) is 3.92. The Morgan fingerprint density at radius 3 is 2.78 bits per heavy atom. The highest BCUT2D eigenvalue weighted by atomic mass is 16.5. The van der Waals surface area contributed by atoms with E-state index in [9.17, 15) is 4.79 Å². The minimum Gasteiger partial charge on any atom is -0.479 e. The number of carbonyl (C=O) groups is 1. The zero-order valence-corrected chi connectivity index (χ0v) is 11.9. The summed E-state index contributed by atoms with van der Waals surface area (Å²) in [5, 5.41) is 9.03. The predicted molar refractivity (Wildman–Crippen MR) is 71.7 cm³/mol. The summed E-state index contributed by atoms with van der Waals surface area (Å²) < 4.78 is 5.24. The van der Waals surface area contributed by atoms with Crippen molar-refractivity contribution in [2.75, 3.05) is 20.2 Å². The van der Waals surface area contributed by atoms with Gasteiger partial charge in [0.15, 0.2) is 6.10 Å². The third kappa shape index (κ3) is 4.94. The molecule has 1 saturated carbocycles. The fraction of sp³-hybridized carbons (Fsp3) is 0.929. The molecular weight excluding hydrogens is 230 g/mol. The molecule has 0 aromatic carbocycles. The van der Waals surface area contributed by atoms with Crippen LogP contribution in [0.4, 0.5) is 0 Å². The van der Waals surface area contributed by atoms with Gasteiger partial charge in [0.05, 0.1) is 0 Å². The maximum absolute atomic E-state index is 11.0. The molecule has 1 fully saturated rings. The zero-order chi connectivity index (χ0) is 13.5. The van der Waals surface area contributed by atoms with Gasteiger partial charge >= 0.3 is 5.97 Å². The largest absolute Gasteiger partial charge is 0.479 e. The molecule has 3 unspecified atom stereocenters. The van der Waals surface area contributed by atoms with Crippen molar-refractivity contribution in [1.82, 2.24) is 4.90 Å². The van der Waals surface area contributed by atoms with Crippen LogP contribution in [0.2, 0.25) is 0 Å². The van der Waals surface area contributed by atoms with Gasteiger partial charge in [0.25, 0.3) is 0 Å². The first-order valence-corrected chi connectivity index (χ1v) is 7.09. The summed E-state index contributed by atoms with van der Waals surface area (Å²) in [6.45, 7) is 5.40. The van der Waals surface area contributed by atoms with Crippen molar-refractivity contribution in [1.29, 1.82) is 0 Å². The second-order valence-corrected chi connectivity index (χ2v) is 5.48. The summed E-state index contributed by atoms with van der Waals surface area (Å²) in [6.07, 6.45) is 5.03. The van der Waals surface area contributed by atoms with Gasteiger partial charge in [-0.15, -0.1) is 0 Å². The Balaban J connectivity index is 2.34. The van der Waals surface area contributed by atoms with E-state index in [1.807, 2.05) is 6.92 Å². The number of nitrogens with zero attached hydrogens (tertiary/aromatic N) is 1. The predicted octanol–water partition coefficient (Wildman–Crippen LogP) is 2.38. The number of rotatable bonds is 7. The average Bonchev–Trinajstić information content (AvgIpc) is 2.33. The SMILES string of the molecule is CCOC(CCN(C)C1CCCC(C)C1)C(=O)O. The topological polar surface area (TPSA) is 49.8 Å². The molecule has 4 nitrogen and oxygen atoms in total. The molecule has 4 heteroatoms. The molecule has 0 amide bonds. The first-order chi connectivity index (χ1) is 8.54. The standard InChI is InChI=1S/C14H27NO3/c1-4-18-13(14(16)17)8-9-15(3)12-7-5-6-11(2)10-12/h11-13H,4-10H2,1-3H3,(H,16,17). The fourth-order valence-electron chi connectivity index (χ4n) is 2.79. The van der Waals surface area contributed by atoms with Crippen LogP contribution in [0.15, 0.2) is 0 Å². The summed E-state index contributed by atoms with van der Waals surface area (Å²) in [4.78, 5) is 13.3. The average molecular weight is 257 g/mol. The molecule has 1 N–H and O–H groups in total. The second kappa shape index (κ2) is 7.74. The van der Waals surface area contributed by atoms with E-state index in [1.165, 1.54) is 25.7 Å². The molecule has 0 aromatic heterocycles. The van der Waals surface area contributed by atoms with Gasteiger partial charge in [0.2, 0.25) is 0 Å². The quantitative estimate of drug-likeness (QED) is 0.760. The Kier molecular flexibility index (Phi) is 6.65. The molecule has 0 aliphatic heterocycles. The van der Waals surface area contributed by atoms with E-state index in [2.05, 4.69) is 18.9 Å². The van der Waals surface area contributed by atoms with Gasteiger partial charge in [-0.2, -0.15) is 0 Å². The van der Waals surface area contributed by atoms with Crippen LogP contribution in [-0.2, 0) is 9.53 Å². The summed E-state index contributed by atoms with van der Waals surface area (Å²) in [5.41, 5.74) is 0. The molecule has 1 rings (SSSR count). The highest BCUT2D eigenvalue weighted by Crippen LogP contribution is 2.26. The number of hydrogen-bond donors (Lipinski definition) is 1. The molecule has 0 saturated heterocycles. The van der Waals surface area contributed by atoms with Gasteiger partial charge in [0, 0.05) is 19.2 Å². The van der Waals surface area contributed by atoms with Crippen molar-refractivity contribution in [3.8, 4) is 0 Å². The molecular formula is C14H27NO3. The Bertz CT molecular complexity index is 257. The first kappa shape index (κ1) is 15.4. The lowest BCUT2D eigenvalue weighted by Crippen LogP contribution is -2.38. The number of hydrogen-bond acceptors (Lipinski definition) is 3. The van der Waals surface area contributed by atoms with Gasteiger partial charge in [0.1, 0.15) is 0 Å². The fourth-order valence-corrected chi connectivity index (χ4v) is 2.79. The monoisotopic (exact) mass is 257 g/mol. The van der Waals surface area contributed by atoms with Crippen LogP contribution in [0.1, 0.15) is 46.0 Å². The minimum atomic E-state index is -0.845. The Morgan fingerprint density at radius 1 is 1.50 bits per heavy atom. The summed E-state index contributed by atoms with van der Waals surface area (Å²) >= 11 is 0. The molecule has 18 heavy (non-hydrogen) atoms. The van der Waals surface area contributed by atoms with Crippen molar-refractivity contribution in [3.63, 3.8) is 0 Å². The van der Waals surface area contributed by atoms with E-state index in [0.717, 1.165) is 12.5 Å². The maximum atomic E-state index is 11.0. The molecule has 0 radical (unpaired) electrons. The van der Waals surface area contributed by atoms with E-state index >= 15 is 0 Å². The Morgan fingerprint density at radius 2 is 2.22 bits per heavy atom. The van der Waals surface area contributed by atoms with E-state index in [-0.39, 0.29) is 0 Å². The minimum absolute atomic E-state index is 0.459. The van der Waals surface area contributed by atoms with Crippen LogP contribution < -0.4 is 0 Å². The van der Waals surface area contributed by atoms with Crippen LogP contribution in [0.5, 0.6) is 0 Å². The van der Waals surface area contributed by atoms with Crippen molar-refractivity contribution in [2.45, 2.75) is 58.1 Å². The summed E-state index contributed by atoms with van der Waals surface area (Å²) in [5.74, 6) is -0.0457. The number of aliphatic carboxylic acids is 1. The molecule has 1 aliphatic carbocycles. The number of carboxylic acid groups (broad SMARTS) is 1. The van der Waals surface area contributed by atoms with Crippen LogP contribution in [0.3, 0.4) is 0 Å². The number of ether oxygens (including phenoxy) is 1. The van der Waals surface area contributed by atoms with Gasteiger partial charge in [-0.1, -0.05) is 19.8 Å². The third-order valence-corrected chi connectivity index (χ3v) is 3.92. The molecule has 0 bridgehead atoms. The maximum Gasteiger partial charge on any atom is 0.332 e. The number of carboxylic acids is 1. The van der Waals surface area contributed by atoms with E-state index in [0.29, 0.717) is 19.1 Å². The first-order valence-electron chi connectivity index (χ1n) is 7.09. The Hall–Kier alpha value is -0.610. The molecule has 0 heterocycles. The normalized spacial score (nSPS) is 26.2. The van der Waals surface area contributed by atoms with Crippen molar-refractivity contribution in [3.05, 3.63) is 0 Å². The zero-order valence-electron chi connectivity index (χ0n) is 11.9. The highest BCUT2D eigenvalue weighted by molar-refractivity contribution is 5.72. The van der Waals surface area contributed by atoms with Gasteiger partial charge < -0.3 is 14.7 Å². The molecule has 1 aliphatic rings. The second-order valence-electron chi connectivity index (χ2n) is 5.48. The van der Waals surface area contributed by atoms with Crippen molar-refractivity contribution in [2.24, 2.45) is 5.92 Å². The van der Waals surface area contributed by atoms with E-state index in [1.54, 1.807) is 0 Å². The van der Waals surface area contributed by atoms with Gasteiger partial charge in [-0.3, -0.25) is 0 Å². The highest BCUT2D eigenvalue weighted by Gasteiger charge is 2.24.